The molecule has 0 aliphatic heterocycles. The van der Waals surface area contributed by atoms with Crippen LogP contribution in [0.15, 0.2) is 23.8 Å². The molecule has 3 saturated carbocycles. The molecule has 0 aromatic rings. The Balaban J connectivity index is 1.64. The zero-order valence-corrected chi connectivity index (χ0v) is 22.3. The van der Waals surface area contributed by atoms with Gasteiger partial charge in [0.05, 0.1) is 0 Å². The number of Topliss-reactive ketones (excluding diaryl/α,β-unsaturated/α-hetero) is 1. The van der Waals surface area contributed by atoms with Crippen LogP contribution in [0.1, 0.15) is 100 Å². The summed E-state index contributed by atoms with van der Waals surface area (Å²) in [5.41, 5.74) is 0.765. The van der Waals surface area contributed by atoms with Crippen molar-refractivity contribution in [1.29, 1.82) is 0 Å². The number of carbonyl (C=O) groups is 2. The van der Waals surface area contributed by atoms with E-state index in [9.17, 15) is 14.7 Å². The first-order valence-electron chi connectivity index (χ1n) is 13.3. The van der Waals surface area contributed by atoms with Crippen LogP contribution in [0.5, 0.6) is 0 Å². The second-order valence-corrected chi connectivity index (χ2v) is 13.7. The summed E-state index contributed by atoms with van der Waals surface area (Å²) >= 11 is 0. The summed E-state index contributed by atoms with van der Waals surface area (Å²) in [6, 6.07) is 0. The smallest absolute Gasteiger partial charge is 0.186 e. The number of rotatable bonds is 4. The molecule has 0 unspecified atom stereocenters. The van der Waals surface area contributed by atoms with Gasteiger partial charge < -0.3 is 5.11 Å². The van der Waals surface area contributed by atoms with Crippen molar-refractivity contribution >= 4 is 11.6 Å². The highest BCUT2D eigenvalue weighted by molar-refractivity contribution is 5.96. The molecule has 0 aromatic heterocycles. The number of hydrogen-bond donors (Lipinski definition) is 1. The van der Waals surface area contributed by atoms with Crippen LogP contribution in [0.4, 0.5) is 0 Å². The highest BCUT2D eigenvalue weighted by Crippen LogP contribution is 2.73. The van der Waals surface area contributed by atoms with Crippen LogP contribution in [0, 0.1) is 45.3 Å². The van der Waals surface area contributed by atoms with E-state index < -0.39 is 5.60 Å². The third kappa shape index (κ3) is 3.46. The molecule has 0 bridgehead atoms. The molecule has 7 atom stereocenters. The second-order valence-electron chi connectivity index (χ2n) is 13.7. The molecule has 184 valence electrons. The zero-order chi connectivity index (χ0) is 24.6. The van der Waals surface area contributed by atoms with Gasteiger partial charge in [0.15, 0.2) is 5.78 Å². The molecule has 0 radical (unpaired) electrons. The molecule has 0 heterocycles. The lowest BCUT2D eigenvalue weighted by Gasteiger charge is -2.63. The van der Waals surface area contributed by atoms with Gasteiger partial charge in [-0.3, -0.25) is 9.59 Å². The van der Waals surface area contributed by atoms with Crippen molar-refractivity contribution in [2.45, 2.75) is 106 Å². The lowest BCUT2D eigenvalue weighted by atomic mass is 9.41. The molecular weight excluding hydrogens is 408 g/mol. The van der Waals surface area contributed by atoms with Gasteiger partial charge >= 0.3 is 0 Å². The molecule has 0 aromatic carbocycles. The first kappa shape index (κ1) is 24.9. The number of carbonyl (C=O) groups excluding carboxylic acids is 2. The third-order valence-corrected chi connectivity index (χ3v) is 11.4. The van der Waals surface area contributed by atoms with Crippen molar-refractivity contribution < 1.29 is 14.7 Å². The Morgan fingerprint density at radius 1 is 1.12 bits per heavy atom. The summed E-state index contributed by atoms with van der Waals surface area (Å²) in [4.78, 5) is 25.1. The van der Waals surface area contributed by atoms with E-state index in [2.05, 4.69) is 53.7 Å². The molecular formula is C30H46O3. The summed E-state index contributed by atoms with van der Waals surface area (Å²) in [6.45, 7) is 17.3. The van der Waals surface area contributed by atoms with E-state index in [0.29, 0.717) is 29.5 Å². The summed E-state index contributed by atoms with van der Waals surface area (Å²) in [7, 11) is 0. The zero-order valence-electron chi connectivity index (χ0n) is 22.3. The van der Waals surface area contributed by atoms with Gasteiger partial charge in [-0.2, -0.15) is 0 Å². The van der Waals surface area contributed by atoms with E-state index in [1.54, 1.807) is 25.5 Å². The molecule has 3 heteroatoms. The Kier molecular flexibility index (Phi) is 5.76. The van der Waals surface area contributed by atoms with Crippen molar-refractivity contribution in [2.24, 2.45) is 45.3 Å². The molecule has 0 spiro atoms. The van der Waals surface area contributed by atoms with Gasteiger partial charge in [-0.25, -0.2) is 0 Å². The van der Waals surface area contributed by atoms with Crippen LogP contribution in [0.25, 0.3) is 0 Å². The highest BCUT2D eigenvalue weighted by atomic mass is 16.3. The van der Waals surface area contributed by atoms with Gasteiger partial charge in [0.2, 0.25) is 0 Å². The van der Waals surface area contributed by atoms with Crippen molar-refractivity contribution in [3.05, 3.63) is 23.8 Å². The number of hydrogen-bond acceptors (Lipinski definition) is 3. The molecule has 4 aliphatic carbocycles. The van der Waals surface area contributed by atoms with Gasteiger partial charge in [-0.15, -0.1) is 0 Å². The fraction of sp³-hybridized carbons (Fsp3) is 0.800. The van der Waals surface area contributed by atoms with E-state index in [1.165, 1.54) is 25.7 Å². The fourth-order valence-corrected chi connectivity index (χ4v) is 8.97. The van der Waals surface area contributed by atoms with Crippen molar-refractivity contribution in [1.82, 2.24) is 0 Å². The fourth-order valence-electron chi connectivity index (χ4n) is 8.97. The minimum Gasteiger partial charge on any atom is -0.382 e. The van der Waals surface area contributed by atoms with Crippen molar-refractivity contribution in [3.8, 4) is 0 Å². The Morgan fingerprint density at radius 2 is 1.79 bits per heavy atom. The Morgan fingerprint density at radius 3 is 2.42 bits per heavy atom. The maximum absolute atomic E-state index is 12.8. The number of ketones is 2. The third-order valence-electron chi connectivity index (χ3n) is 11.4. The molecule has 3 nitrogen and oxygen atoms in total. The summed E-state index contributed by atoms with van der Waals surface area (Å²) in [5, 5.41) is 10.0. The van der Waals surface area contributed by atoms with Crippen molar-refractivity contribution in [3.63, 3.8) is 0 Å². The number of fused-ring (bicyclic) bond motifs is 5. The van der Waals surface area contributed by atoms with Gasteiger partial charge in [0.25, 0.3) is 0 Å². The molecule has 3 fully saturated rings. The normalized spacial score (nSPS) is 43.5. The van der Waals surface area contributed by atoms with E-state index in [0.717, 1.165) is 19.3 Å². The summed E-state index contributed by atoms with van der Waals surface area (Å²) < 4.78 is 0. The summed E-state index contributed by atoms with van der Waals surface area (Å²) in [6.07, 6.45) is 13.9. The molecule has 0 amide bonds. The van der Waals surface area contributed by atoms with Crippen LogP contribution >= 0.6 is 0 Å². The second kappa shape index (κ2) is 7.64. The molecule has 33 heavy (non-hydrogen) atoms. The Labute approximate surface area is 201 Å². The molecule has 0 saturated heterocycles. The van der Waals surface area contributed by atoms with Crippen LogP contribution in [0.2, 0.25) is 0 Å². The predicted molar refractivity (Wildman–Crippen MR) is 134 cm³/mol. The SMILES string of the molecule is C[C@@H](/C=C/C(=O)C(C)(C)O)[C@@H]1CC[C@]2(C)C3=CC[C@H]4C(C)(C)C(=O)CC[C@]4(C)[C@H]3CC[C@@]12C. The quantitative estimate of drug-likeness (QED) is 0.380. The summed E-state index contributed by atoms with van der Waals surface area (Å²) in [5.74, 6) is 2.11. The monoisotopic (exact) mass is 454 g/mol. The molecule has 1 N–H and O–H groups in total. The van der Waals surface area contributed by atoms with Gasteiger partial charge in [-0.05, 0) is 98.4 Å². The number of aliphatic hydroxyl groups is 1. The Bertz CT molecular complexity index is 902. The van der Waals surface area contributed by atoms with Gasteiger partial charge in [0, 0.05) is 11.8 Å². The van der Waals surface area contributed by atoms with E-state index >= 15 is 0 Å². The predicted octanol–water partition coefficient (Wildman–Crippen LogP) is 6.69. The average molecular weight is 455 g/mol. The minimum absolute atomic E-state index is 0.183. The minimum atomic E-state index is -1.31. The largest absolute Gasteiger partial charge is 0.382 e. The van der Waals surface area contributed by atoms with Crippen LogP contribution < -0.4 is 0 Å². The van der Waals surface area contributed by atoms with E-state index in [1.807, 2.05) is 0 Å². The highest BCUT2D eigenvalue weighted by Gasteiger charge is 2.65. The Hall–Kier alpha value is -1.22. The lowest BCUT2D eigenvalue weighted by Crippen LogP contribution is -2.57. The topological polar surface area (TPSA) is 54.4 Å². The van der Waals surface area contributed by atoms with E-state index in [-0.39, 0.29) is 27.4 Å². The van der Waals surface area contributed by atoms with Crippen LogP contribution in [0.3, 0.4) is 0 Å². The maximum atomic E-state index is 12.8. The maximum Gasteiger partial charge on any atom is 0.186 e. The molecule has 4 rings (SSSR count). The standard InChI is InChI=1S/C30H46O3/c1-19(9-12-25(32)27(4,5)33)20-13-17-30(8)22-10-11-23-26(2,3)24(31)15-16-28(23,6)21(22)14-18-29(20,30)7/h9-10,12,19-21,23,33H,11,13-18H2,1-8H3/b12-9+/t19-,20-,21-,23-,28+,29-,30+/m0/s1. The lowest BCUT2D eigenvalue weighted by molar-refractivity contribution is -0.145. The van der Waals surface area contributed by atoms with Gasteiger partial charge in [-0.1, -0.05) is 59.3 Å². The van der Waals surface area contributed by atoms with Crippen molar-refractivity contribution in [2.75, 3.05) is 0 Å². The first-order chi connectivity index (χ1) is 15.1. The molecule has 4 aliphatic rings. The van der Waals surface area contributed by atoms with Crippen LogP contribution in [-0.2, 0) is 9.59 Å². The number of allylic oxidation sites excluding steroid dienone is 3. The first-order valence-corrected chi connectivity index (χ1v) is 13.3. The van der Waals surface area contributed by atoms with Gasteiger partial charge in [0.1, 0.15) is 11.4 Å². The van der Waals surface area contributed by atoms with Crippen LogP contribution in [-0.4, -0.2) is 22.3 Å². The average Bonchev–Trinajstić information content (AvgIpc) is 3.00. The van der Waals surface area contributed by atoms with E-state index in [4.69, 9.17) is 0 Å².